The Morgan fingerprint density at radius 1 is 1.35 bits per heavy atom. The zero-order valence-corrected chi connectivity index (χ0v) is 12.3. The molecule has 2 atom stereocenters. The Labute approximate surface area is 112 Å². The molecule has 0 amide bonds. The average Bonchev–Trinajstić information content (AvgIpc) is 2.52. The predicted molar refractivity (Wildman–Crippen MR) is 79.3 cm³/mol. The van der Waals surface area contributed by atoms with Crippen LogP contribution in [0.1, 0.15) is 58.8 Å². The lowest BCUT2D eigenvalue weighted by molar-refractivity contribution is 0.200. The van der Waals surface area contributed by atoms with Gasteiger partial charge in [-0.05, 0) is 44.7 Å². The van der Waals surface area contributed by atoms with Crippen molar-refractivity contribution in [3.63, 3.8) is 0 Å². The zero-order valence-electron chi connectivity index (χ0n) is 11.5. The number of likely N-dealkylation sites (tertiary alicyclic amines) is 1. The van der Waals surface area contributed by atoms with Crippen molar-refractivity contribution in [2.45, 2.75) is 64.8 Å². The molecule has 1 saturated heterocycles. The molecule has 0 radical (unpaired) electrons. The second-order valence-electron chi connectivity index (χ2n) is 5.35. The van der Waals surface area contributed by atoms with E-state index in [2.05, 4.69) is 18.7 Å². The summed E-state index contributed by atoms with van der Waals surface area (Å²) in [6.45, 7) is 7.02. The second-order valence-corrected chi connectivity index (χ2v) is 5.88. The molecule has 1 aliphatic heterocycles. The number of thiocarbonyl (C=S) groups is 1. The summed E-state index contributed by atoms with van der Waals surface area (Å²) >= 11 is 5.06. The Balaban J connectivity index is 2.45. The molecule has 1 rings (SSSR count). The van der Waals surface area contributed by atoms with Crippen molar-refractivity contribution in [3.05, 3.63) is 0 Å². The van der Waals surface area contributed by atoms with Crippen LogP contribution in [0.2, 0.25) is 0 Å². The summed E-state index contributed by atoms with van der Waals surface area (Å²) in [5.41, 5.74) is 5.69. The number of nitrogens with two attached hydrogens (primary N) is 1. The molecule has 1 heterocycles. The van der Waals surface area contributed by atoms with Gasteiger partial charge in [0.25, 0.3) is 0 Å². The highest BCUT2D eigenvalue weighted by molar-refractivity contribution is 7.80. The number of hydrogen-bond acceptors (Lipinski definition) is 2. The molecule has 2 nitrogen and oxygen atoms in total. The van der Waals surface area contributed by atoms with E-state index < -0.39 is 0 Å². The van der Waals surface area contributed by atoms with Gasteiger partial charge in [0, 0.05) is 12.5 Å². The van der Waals surface area contributed by atoms with Crippen molar-refractivity contribution in [2.75, 3.05) is 13.1 Å². The van der Waals surface area contributed by atoms with E-state index in [4.69, 9.17) is 18.0 Å². The molecule has 0 aromatic carbocycles. The maximum absolute atomic E-state index is 5.69. The Morgan fingerprint density at radius 3 is 2.71 bits per heavy atom. The van der Waals surface area contributed by atoms with E-state index >= 15 is 0 Å². The Kier molecular flexibility index (Phi) is 7.05. The summed E-state index contributed by atoms with van der Waals surface area (Å²) in [7, 11) is 0. The molecule has 0 aliphatic carbocycles. The van der Waals surface area contributed by atoms with E-state index in [-0.39, 0.29) is 0 Å². The molecular weight excluding hydrogens is 228 g/mol. The van der Waals surface area contributed by atoms with Crippen LogP contribution in [0, 0.1) is 5.92 Å². The second kappa shape index (κ2) is 8.04. The van der Waals surface area contributed by atoms with Crippen molar-refractivity contribution in [1.82, 2.24) is 4.90 Å². The third-order valence-corrected chi connectivity index (χ3v) is 4.17. The lowest BCUT2D eigenvalue weighted by Crippen LogP contribution is -2.38. The summed E-state index contributed by atoms with van der Waals surface area (Å²) in [4.78, 5) is 3.29. The third kappa shape index (κ3) is 5.35. The first-order valence-electron chi connectivity index (χ1n) is 7.19. The minimum absolute atomic E-state index is 0.577. The highest BCUT2D eigenvalue weighted by Crippen LogP contribution is 2.24. The lowest BCUT2D eigenvalue weighted by atomic mass is 9.96. The molecule has 3 heteroatoms. The quantitative estimate of drug-likeness (QED) is 0.739. The summed E-state index contributed by atoms with van der Waals surface area (Å²) < 4.78 is 0. The van der Waals surface area contributed by atoms with Gasteiger partial charge in [0.15, 0.2) is 0 Å². The van der Waals surface area contributed by atoms with E-state index in [1.54, 1.807) is 0 Å². The first-order valence-corrected chi connectivity index (χ1v) is 7.60. The van der Waals surface area contributed by atoms with Gasteiger partial charge in [0.05, 0.1) is 4.99 Å². The Bertz CT molecular complexity index is 230. The van der Waals surface area contributed by atoms with Crippen molar-refractivity contribution >= 4 is 17.2 Å². The smallest absolute Gasteiger partial charge is 0.0743 e. The molecule has 100 valence electrons. The molecule has 2 N–H and O–H groups in total. The molecular formula is C14H28N2S. The first-order chi connectivity index (χ1) is 8.17. The van der Waals surface area contributed by atoms with Gasteiger partial charge in [-0.2, -0.15) is 0 Å². The van der Waals surface area contributed by atoms with Gasteiger partial charge in [-0.25, -0.2) is 0 Å². The number of hydrogen-bond donors (Lipinski definition) is 1. The van der Waals surface area contributed by atoms with E-state index in [9.17, 15) is 0 Å². The molecule has 0 saturated carbocycles. The van der Waals surface area contributed by atoms with Crippen LogP contribution in [0.5, 0.6) is 0 Å². The predicted octanol–water partition coefficient (Wildman–Crippen LogP) is 3.34. The maximum Gasteiger partial charge on any atom is 0.0743 e. The maximum atomic E-state index is 5.69. The highest BCUT2D eigenvalue weighted by atomic mass is 32.1. The largest absolute Gasteiger partial charge is 0.393 e. The van der Waals surface area contributed by atoms with Crippen LogP contribution in [0.4, 0.5) is 0 Å². The van der Waals surface area contributed by atoms with Crippen LogP contribution in [0.15, 0.2) is 0 Å². The number of nitrogens with zero attached hydrogens (tertiary/aromatic N) is 1. The fourth-order valence-electron chi connectivity index (χ4n) is 3.01. The van der Waals surface area contributed by atoms with Gasteiger partial charge < -0.3 is 5.73 Å². The lowest BCUT2D eigenvalue weighted by Gasteiger charge is -2.29. The van der Waals surface area contributed by atoms with Crippen LogP contribution < -0.4 is 5.73 Å². The average molecular weight is 256 g/mol. The van der Waals surface area contributed by atoms with Gasteiger partial charge in [0.1, 0.15) is 0 Å². The van der Waals surface area contributed by atoms with Gasteiger partial charge in [-0.15, -0.1) is 0 Å². The monoisotopic (exact) mass is 256 g/mol. The van der Waals surface area contributed by atoms with Gasteiger partial charge in [-0.1, -0.05) is 38.9 Å². The van der Waals surface area contributed by atoms with E-state index in [1.807, 2.05) is 0 Å². The zero-order chi connectivity index (χ0) is 12.7. The molecule has 0 spiro atoms. The SMILES string of the molecule is CCCC1CCCN(C(CC)CC(N)=S)CC1. The van der Waals surface area contributed by atoms with Gasteiger partial charge in [-0.3, -0.25) is 4.90 Å². The van der Waals surface area contributed by atoms with E-state index in [1.165, 1.54) is 45.2 Å². The van der Waals surface area contributed by atoms with Crippen LogP contribution in [-0.2, 0) is 0 Å². The normalized spacial score (nSPS) is 24.2. The third-order valence-electron chi connectivity index (χ3n) is 4.00. The Hall–Kier alpha value is -0.150. The molecule has 1 aliphatic rings. The molecule has 0 bridgehead atoms. The first kappa shape index (κ1) is 14.9. The van der Waals surface area contributed by atoms with Crippen molar-refractivity contribution in [3.8, 4) is 0 Å². The molecule has 0 aromatic rings. The summed E-state index contributed by atoms with van der Waals surface area (Å²) in [6.07, 6.45) is 8.91. The van der Waals surface area contributed by atoms with Crippen LogP contribution in [0.3, 0.4) is 0 Å². The van der Waals surface area contributed by atoms with Crippen LogP contribution in [0.25, 0.3) is 0 Å². The number of rotatable bonds is 6. The molecule has 2 unspecified atom stereocenters. The summed E-state index contributed by atoms with van der Waals surface area (Å²) in [6, 6.07) is 0.577. The standard InChI is InChI=1S/C14H28N2S/c1-3-6-12-7-5-9-16(10-8-12)13(4-2)11-14(15)17/h12-13H,3-11H2,1-2H3,(H2,15,17). The minimum atomic E-state index is 0.577. The van der Waals surface area contributed by atoms with E-state index in [0.717, 1.165) is 18.8 Å². The van der Waals surface area contributed by atoms with Crippen molar-refractivity contribution < 1.29 is 0 Å². The van der Waals surface area contributed by atoms with Crippen LogP contribution >= 0.6 is 12.2 Å². The minimum Gasteiger partial charge on any atom is -0.393 e. The fraction of sp³-hybridized carbons (Fsp3) is 0.929. The Morgan fingerprint density at radius 2 is 2.12 bits per heavy atom. The molecule has 1 fully saturated rings. The molecule has 17 heavy (non-hydrogen) atoms. The van der Waals surface area contributed by atoms with Crippen molar-refractivity contribution in [2.24, 2.45) is 11.7 Å². The van der Waals surface area contributed by atoms with Gasteiger partial charge in [0.2, 0.25) is 0 Å². The summed E-state index contributed by atoms with van der Waals surface area (Å²) in [5, 5.41) is 0. The highest BCUT2D eigenvalue weighted by Gasteiger charge is 2.22. The molecule has 0 aromatic heterocycles. The fourth-order valence-corrected chi connectivity index (χ4v) is 3.21. The van der Waals surface area contributed by atoms with E-state index in [0.29, 0.717) is 11.0 Å². The van der Waals surface area contributed by atoms with Crippen LogP contribution in [-0.4, -0.2) is 29.0 Å². The topological polar surface area (TPSA) is 29.3 Å². The summed E-state index contributed by atoms with van der Waals surface area (Å²) in [5.74, 6) is 0.951. The van der Waals surface area contributed by atoms with Crippen molar-refractivity contribution in [1.29, 1.82) is 0 Å². The van der Waals surface area contributed by atoms with Gasteiger partial charge >= 0.3 is 0 Å².